The van der Waals surface area contributed by atoms with Gasteiger partial charge in [0.05, 0.1) is 11.4 Å². The summed E-state index contributed by atoms with van der Waals surface area (Å²) < 4.78 is 0. The second kappa shape index (κ2) is 11.5. The fourth-order valence-corrected chi connectivity index (χ4v) is 5.59. The van der Waals surface area contributed by atoms with Gasteiger partial charge in [-0.1, -0.05) is 152 Å². The SMILES string of the molecule is C(=Cc1cccc2ccccc12)c1cc(C=Cc2cccc3ccccc23)nc(C=Cc2cccc3ccccc23)c1. The molecule has 1 nitrogen and oxygen atoms in total. The van der Waals surface area contributed by atoms with Crippen LogP contribution in [0.5, 0.6) is 0 Å². The molecule has 0 spiro atoms. The third kappa shape index (κ3) is 5.41. The largest absolute Gasteiger partial charge is 0.249 e. The standard InChI is InChI=1S/C41H29N/c1-4-19-39-31(10-1)13-7-16-34(39)23-22-30-28-37(26-24-35-17-8-14-32-11-2-5-20-40(32)35)42-38(29-30)27-25-36-18-9-15-33-12-3-6-21-41(33)36/h1-29H. The van der Waals surface area contributed by atoms with E-state index < -0.39 is 0 Å². The van der Waals surface area contributed by atoms with Gasteiger partial charge in [-0.2, -0.15) is 0 Å². The Balaban J connectivity index is 1.29. The molecule has 0 radical (unpaired) electrons. The van der Waals surface area contributed by atoms with Crippen molar-refractivity contribution in [3.63, 3.8) is 0 Å². The van der Waals surface area contributed by atoms with E-state index in [1.165, 1.54) is 49.0 Å². The maximum Gasteiger partial charge on any atom is 0.0643 e. The van der Waals surface area contributed by atoms with Crippen LogP contribution in [-0.4, -0.2) is 4.98 Å². The van der Waals surface area contributed by atoms with Crippen molar-refractivity contribution in [1.82, 2.24) is 4.98 Å². The molecule has 0 atom stereocenters. The van der Waals surface area contributed by atoms with Crippen molar-refractivity contribution in [3.05, 3.63) is 173 Å². The van der Waals surface area contributed by atoms with Gasteiger partial charge in [0.15, 0.2) is 0 Å². The first kappa shape index (κ1) is 25.4. The van der Waals surface area contributed by atoms with E-state index >= 15 is 0 Å². The van der Waals surface area contributed by atoms with E-state index in [9.17, 15) is 0 Å². The van der Waals surface area contributed by atoms with Gasteiger partial charge >= 0.3 is 0 Å². The Morgan fingerprint density at radius 1 is 0.333 bits per heavy atom. The fraction of sp³-hybridized carbons (Fsp3) is 0. The molecular weight excluding hydrogens is 506 g/mol. The number of pyridine rings is 1. The van der Waals surface area contributed by atoms with Gasteiger partial charge in [0, 0.05) is 0 Å². The van der Waals surface area contributed by atoms with Crippen molar-refractivity contribution in [2.45, 2.75) is 0 Å². The quantitative estimate of drug-likeness (QED) is 0.206. The van der Waals surface area contributed by atoms with Crippen LogP contribution in [0.2, 0.25) is 0 Å². The fourth-order valence-electron chi connectivity index (χ4n) is 5.59. The Hall–Kier alpha value is -5.53. The maximum absolute atomic E-state index is 5.02. The molecule has 7 aromatic rings. The lowest BCUT2D eigenvalue weighted by molar-refractivity contribution is 1.26. The van der Waals surface area contributed by atoms with E-state index in [0.717, 1.165) is 17.0 Å². The average molecular weight is 536 g/mol. The Kier molecular flexibility index (Phi) is 6.98. The van der Waals surface area contributed by atoms with E-state index in [0.29, 0.717) is 0 Å². The number of fused-ring (bicyclic) bond motifs is 3. The predicted octanol–water partition coefficient (Wildman–Crippen LogP) is 11.1. The highest BCUT2D eigenvalue weighted by Crippen LogP contribution is 2.24. The van der Waals surface area contributed by atoms with Crippen molar-refractivity contribution < 1.29 is 0 Å². The summed E-state index contributed by atoms with van der Waals surface area (Å²) in [6, 6.07) is 49.1. The van der Waals surface area contributed by atoms with Crippen molar-refractivity contribution >= 4 is 68.8 Å². The van der Waals surface area contributed by atoms with Gasteiger partial charge in [0.1, 0.15) is 0 Å². The summed E-state index contributed by atoms with van der Waals surface area (Å²) in [5.74, 6) is 0. The zero-order valence-corrected chi connectivity index (χ0v) is 23.2. The molecule has 1 heteroatoms. The lowest BCUT2D eigenvalue weighted by Crippen LogP contribution is -1.89. The first-order valence-corrected chi connectivity index (χ1v) is 14.3. The highest BCUT2D eigenvalue weighted by Gasteiger charge is 2.03. The Morgan fingerprint density at radius 3 is 1.12 bits per heavy atom. The highest BCUT2D eigenvalue weighted by atomic mass is 14.7. The first-order valence-electron chi connectivity index (χ1n) is 14.3. The summed E-state index contributed by atoms with van der Waals surface area (Å²) in [7, 11) is 0. The molecule has 0 aliphatic heterocycles. The molecule has 1 heterocycles. The van der Waals surface area contributed by atoms with Crippen LogP contribution in [0.1, 0.15) is 33.6 Å². The molecule has 0 saturated carbocycles. The summed E-state index contributed by atoms with van der Waals surface area (Å²) in [6.45, 7) is 0. The third-order valence-corrected chi connectivity index (χ3v) is 7.68. The third-order valence-electron chi connectivity index (χ3n) is 7.68. The number of hydrogen-bond donors (Lipinski definition) is 0. The van der Waals surface area contributed by atoms with E-state index in [1.807, 2.05) is 0 Å². The minimum atomic E-state index is 0.917. The summed E-state index contributed by atoms with van der Waals surface area (Å²) in [6.07, 6.45) is 13.0. The molecule has 6 aromatic carbocycles. The van der Waals surface area contributed by atoms with Crippen molar-refractivity contribution in [2.75, 3.05) is 0 Å². The number of aromatic nitrogens is 1. The van der Waals surface area contributed by atoms with Crippen molar-refractivity contribution in [1.29, 1.82) is 0 Å². The van der Waals surface area contributed by atoms with Gasteiger partial charge in [-0.05, 0) is 78.9 Å². The smallest absolute Gasteiger partial charge is 0.0643 e. The van der Waals surface area contributed by atoms with Gasteiger partial charge in [0.25, 0.3) is 0 Å². The van der Waals surface area contributed by atoms with Crippen LogP contribution in [0.3, 0.4) is 0 Å². The Morgan fingerprint density at radius 2 is 0.690 bits per heavy atom. The highest BCUT2D eigenvalue weighted by molar-refractivity contribution is 5.95. The molecule has 42 heavy (non-hydrogen) atoms. The molecule has 0 aliphatic carbocycles. The topological polar surface area (TPSA) is 12.9 Å². The monoisotopic (exact) mass is 535 g/mol. The summed E-state index contributed by atoms with van der Waals surface area (Å²) in [4.78, 5) is 5.02. The van der Waals surface area contributed by atoms with Gasteiger partial charge in [-0.25, -0.2) is 4.98 Å². The molecule has 0 saturated heterocycles. The molecule has 0 N–H and O–H groups in total. The Labute approximate surface area is 246 Å². The minimum Gasteiger partial charge on any atom is -0.249 e. The number of rotatable bonds is 6. The summed E-state index contributed by atoms with van der Waals surface area (Å²) in [5.41, 5.74) is 6.50. The molecule has 0 unspecified atom stereocenters. The van der Waals surface area contributed by atoms with Crippen molar-refractivity contribution in [2.24, 2.45) is 0 Å². The number of nitrogens with zero attached hydrogens (tertiary/aromatic N) is 1. The molecule has 0 amide bonds. The zero-order chi connectivity index (χ0) is 28.1. The molecule has 198 valence electrons. The number of benzene rings is 6. The lowest BCUT2D eigenvalue weighted by Gasteiger charge is -2.05. The average Bonchev–Trinajstić information content (AvgIpc) is 3.05. The van der Waals surface area contributed by atoms with Crippen molar-refractivity contribution in [3.8, 4) is 0 Å². The van der Waals surface area contributed by atoms with Crippen LogP contribution in [0.15, 0.2) is 140 Å². The lowest BCUT2D eigenvalue weighted by atomic mass is 10.0. The minimum absolute atomic E-state index is 0.917. The molecule has 1 aromatic heterocycles. The molecule has 0 fully saturated rings. The normalized spacial score (nSPS) is 12.0. The van der Waals surface area contributed by atoms with Gasteiger partial charge in [0.2, 0.25) is 0 Å². The first-order chi connectivity index (χ1) is 20.8. The van der Waals surface area contributed by atoms with Crippen LogP contribution < -0.4 is 0 Å². The molecule has 0 aliphatic rings. The van der Waals surface area contributed by atoms with Crippen LogP contribution in [0, 0.1) is 0 Å². The number of hydrogen-bond acceptors (Lipinski definition) is 1. The van der Waals surface area contributed by atoms with E-state index in [2.05, 4.69) is 176 Å². The van der Waals surface area contributed by atoms with E-state index in [1.54, 1.807) is 0 Å². The molecule has 0 bridgehead atoms. The van der Waals surface area contributed by atoms with Crippen LogP contribution in [-0.2, 0) is 0 Å². The Bertz CT molecular complexity index is 1870. The summed E-state index contributed by atoms with van der Waals surface area (Å²) in [5, 5.41) is 7.43. The van der Waals surface area contributed by atoms with E-state index in [4.69, 9.17) is 4.98 Å². The van der Waals surface area contributed by atoms with Gasteiger partial charge in [-0.3, -0.25) is 0 Å². The van der Waals surface area contributed by atoms with Gasteiger partial charge < -0.3 is 0 Å². The zero-order valence-electron chi connectivity index (χ0n) is 23.2. The molecule has 7 rings (SSSR count). The maximum atomic E-state index is 5.02. The second-order valence-electron chi connectivity index (χ2n) is 10.5. The second-order valence-corrected chi connectivity index (χ2v) is 10.5. The van der Waals surface area contributed by atoms with Crippen LogP contribution >= 0.6 is 0 Å². The van der Waals surface area contributed by atoms with E-state index in [-0.39, 0.29) is 0 Å². The predicted molar refractivity (Wildman–Crippen MR) is 183 cm³/mol. The van der Waals surface area contributed by atoms with Gasteiger partial charge in [-0.15, -0.1) is 0 Å². The van der Waals surface area contributed by atoms with Crippen LogP contribution in [0.4, 0.5) is 0 Å². The van der Waals surface area contributed by atoms with Crippen LogP contribution in [0.25, 0.3) is 68.8 Å². The molecular formula is C41H29N. The summed E-state index contributed by atoms with van der Waals surface area (Å²) >= 11 is 0.